The van der Waals surface area contributed by atoms with Crippen molar-refractivity contribution in [1.82, 2.24) is 14.5 Å². The van der Waals surface area contributed by atoms with Gasteiger partial charge in [0.2, 0.25) is 0 Å². The molecule has 2 heterocycles. The third-order valence-electron chi connectivity index (χ3n) is 4.34. The number of aromatic nitrogens is 2. The Kier molecular flexibility index (Phi) is 3.76. The second-order valence-corrected chi connectivity index (χ2v) is 5.60. The van der Waals surface area contributed by atoms with E-state index in [0.29, 0.717) is 5.52 Å². The standard InChI is InChI=1S/C15H18F3N3O/c1-2-20-9-4-3-8-12(20)21-11-7-5-6-10(15(16,17)18)13(11)19-14(21)22/h5-7,12H,2-4,8-9H2,1H3,(H,19,22). The zero-order valence-electron chi connectivity index (χ0n) is 12.3. The molecule has 7 heteroatoms. The molecule has 1 aliphatic rings. The molecule has 4 nitrogen and oxygen atoms in total. The number of para-hydroxylation sites is 1. The van der Waals surface area contributed by atoms with Crippen molar-refractivity contribution in [3.8, 4) is 0 Å². The van der Waals surface area contributed by atoms with Crippen molar-refractivity contribution in [3.63, 3.8) is 0 Å². The van der Waals surface area contributed by atoms with Gasteiger partial charge in [0, 0.05) is 6.54 Å². The first-order valence-corrected chi connectivity index (χ1v) is 7.48. The zero-order chi connectivity index (χ0) is 15.9. The summed E-state index contributed by atoms with van der Waals surface area (Å²) in [5.74, 6) is 0. The van der Waals surface area contributed by atoms with Crippen LogP contribution < -0.4 is 5.69 Å². The lowest BCUT2D eigenvalue weighted by Gasteiger charge is -2.35. The molecule has 1 aromatic carbocycles. The first-order chi connectivity index (χ1) is 10.4. The van der Waals surface area contributed by atoms with Gasteiger partial charge in [0.1, 0.15) is 0 Å². The summed E-state index contributed by atoms with van der Waals surface area (Å²) in [7, 11) is 0. The molecule has 1 unspecified atom stereocenters. The molecule has 2 aromatic rings. The highest BCUT2D eigenvalue weighted by molar-refractivity contribution is 5.79. The van der Waals surface area contributed by atoms with Crippen LogP contribution in [0.3, 0.4) is 0 Å². The number of imidazole rings is 1. The molecule has 1 fully saturated rings. The van der Waals surface area contributed by atoms with E-state index in [4.69, 9.17) is 0 Å². The van der Waals surface area contributed by atoms with Gasteiger partial charge in [-0.25, -0.2) is 4.79 Å². The fourth-order valence-electron chi connectivity index (χ4n) is 3.32. The number of hydrogen-bond acceptors (Lipinski definition) is 2. The Balaban J connectivity index is 2.19. The quantitative estimate of drug-likeness (QED) is 0.923. The van der Waals surface area contributed by atoms with Gasteiger partial charge in [-0.2, -0.15) is 13.2 Å². The van der Waals surface area contributed by atoms with Crippen molar-refractivity contribution in [2.24, 2.45) is 0 Å². The lowest BCUT2D eigenvalue weighted by molar-refractivity contribution is -0.136. The van der Waals surface area contributed by atoms with Crippen LogP contribution in [0, 0.1) is 0 Å². The number of halogens is 3. The van der Waals surface area contributed by atoms with Gasteiger partial charge < -0.3 is 4.98 Å². The van der Waals surface area contributed by atoms with Crippen molar-refractivity contribution >= 4 is 11.0 Å². The lowest BCUT2D eigenvalue weighted by Crippen LogP contribution is -2.40. The number of alkyl halides is 3. The molecule has 22 heavy (non-hydrogen) atoms. The Hall–Kier alpha value is -1.76. The fourth-order valence-corrected chi connectivity index (χ4v) is 3.32. The third kappa shape index (κ3) is 2.43. The molecule has 1 saturated heterocycles. The van der Waals surface area contributed by atoms with E-state index in [1.54, 1.807) is 6.07 Å². The first kappa shape index (κ1) is 15.1. The van der Waals surface area contributed by atoms with E-state index in [2.05, 4.69) is 9.88 Å². The van der Waals surface area contributed by atoms with Gasteiger partial charge >= 0.3 is 11.9 Å². The second kappa shape index (κ2) is 5.46. The largest absolute Gasteiger partial charge is 0.418 e. The van der Waals surface area contributed by atoms with E-state index >= 15 is 0 Å². The smallest absolute Gasteiger partial charge is 0.305 e. The molecule has 0 saturated carbocycles. The maximum atomic E-state index is 13.1. The molecule has 0 aliphatic carbocycles. The SMILES string of the molecule is CCN1CCCCC1n1c(=O)[nH]c2c(C(F)(F)F)cccc21. The van der Waals surface area contributed by atoms with Crippen LogP contribution >= 0.6 is 0 Å². The van der Waals surface area contributed by atoms with E-state index in [1.165, 1.54) is 10.6 Å². The zero-order valence-corrected chi connectivity index (χ0v) is 12.3. The van der Waals surface area contributed by atoms with Gasteiger partial charge in [-0.05, 0) is 37.9 Å². The van der Waals surface area contributed by atoms with Crippen molar-refractivity contribution in [1.29, 1.82) is 0 Å². The van der Waals surface area contributed by atoms with Gasteiger partial charge in [-0.3, -0.25) is 9.47 Å². The minimum absolute atomic E-state index is 0.123. The van der Waals surface area contributed by atoms with Crippen molar-refractivity contribution in [2.75, 3.05) is 13.1 Å². The molecule has 1 atom stereocenters. The highest BCUT2D eigenvalue weighted by atomic mass is 19.4. The highest BCUT2D eigenvalue weighted by Crippen LogP contribution is 2.35. The number of benzene rings is 1. The number of hydrogen-bond donors (Lipinski definition) is 1. The predicted octanol–water partition coefficient (Wildman–Crippen LogP) is 3.35. The van der Waals surface area contributed by atoms with Gasteiger partial charge in [0.15, 0.2) is 0 Å². The Labute approximate surface area is 125 Å². The number of piperidine rings is 1. The molecule has 120 valence electrons. The van der Waals surface area contributed by atoms with E-state index in [-0.39, 0.29) is 11.7 Å². The Bertz CT molecular complexity index is 732. The van der Waals surface area contributed by atoms with E-state index in [1.807, 2.05) is 6.92 Å². The van der Waals surface area contributed by atoms with Crippen LogP contribution in [-0.2, 0) is 6.18 Å². The average molecular weight is 313 g/mol. The summed E-state index contributed by atoms with van der Waals surface area (Å²) in [6, 6.07) is 3.93. The highest BCUT2D eigenvalue weighted by Gasteiger charge is 2.35. The molecule has 0 amide bonds. The van der Waals surface area contributed by atoms with Gasteiger partial charge in [0.25, 0.3) is 0 Å². The minimum atomic E-state index is -4.48. The third-order valence-corrected chi connectivity index (χ3v) is 4.34. The van der Waals surface area contributed by atoms with Crippen molar-refractivity contribution in [2.45, 2.75) is 38.5 Å². The normalized spacial score (nSPS) is 20.6. The molecule has 1 N–H and O–H groups in total. The summed E-state index contributed by atoms with van der Waals surface area (Å²) in [6.45, 7) is 3.63. The summed E-state index contributed by atoms with van der Waals surface area (Å²) in [5, 5.41) is 0. The summed E-state index contributed by atoms with van der Waals surface area (Å²) in [5.41, 5.74) is -1.07. The molecular formula is C15H18F3N3O. The minimum Gasteiger partial charge on any atom is -0.305 e. The molecule has 1 aromatic heterocycles. The van der Waals surface area contributed by atoms with Gasteiger partial charge in [-0.15, -0.1) is 0 Å². The van der Waals surface area contributed by atoms with Crippen LogP contribution in [0.2, 0.25) is 0 Å². The lowest BCUT2D eigenvalue weighted by atomic mass is 10.1. The number of nitrogens with zero attached hydrogens (tertiary/aromatic N) is 2. The van der Waals surface area contributed by atoms with Gasteiger partial charge in [-0.1, -0.05) is 13.0 Å². The van der Waals surface area contributed by atoms with Crippen LogP contribution in [0.15, 0.2) is 23.0 Å². The predicted molar refractivity (Wildman–Crippen MR) is 77.7 cm³/mol. The number of nitrogens with one attached hydrogen (secondary N) is 1. The Morgan fingerprint density at radius 3 is 2.77 bits per heavy atom. The maximum absolute atomic E-state index is 13.1. The van der Waals surface area contributed by atoms with Crippen molar-refractivity contribution in [3.05, 3.63) is 34.2 Å². The first-order valence-electron chi connectivity index (χ1n) is 7.48. The summed E-state index contributed by atoms with van der Waals surface area (Å²) < 4.78 is 40.8. The topological polar surface area (TPSA) is 41.0 Å². The average Bonchev–Trinajstić information content (AvgIpc) is 2.81. The monoisotopic (exact) mass is 313 g/mol. The van der Waals surface area contributed by atoms with Crippen LogP contribution in [0.25, 0.3) is 11.0 Å². The molecule has 0 radical (unpaired) electrons. The summed E-state index contributed by atoms with van der Waals surface area (Å²) in [6.07, 6.45) is -1.86. The van der Waals surface area contributed by atoms with Crippen LogP contribution in [-0.4, -0.2) is 27.5 Å². The Morgan fingerprint density at radius 2 is 2.09 bits per heavy atom. The molecular weight excluding hydrogens is 295 g/mol. The van der Waals surface area contributed by atoms with E-state index in [9.17, 15) is 18.0 Å². The van der Waals surface area contributed by atoms with Gasteiger partial charge in [0.05, 0.1) is 22.8 Å². The number of H-pyrrole nitrogens is 1. The number of aromatic amines is 1. The molecule has 3 rings (SSSR count). The molecule has 0 spiro atoms. The van der Waals surface area contributed by atoms with Crippen LogP contribution in [0.5, 0.6) is 0 Å². The van der Waals surface area contributed by atoms with E-state index in [0.717, 1.165) is 38.4 Å². The summed E-state index contributed by atoms with van der Waals surface area (Å²) in [4.78, 5) is 16.8. The molecule has 0 bridgehead atoms. The Morgan fingerprint density at radius 1 is 1.32 bits per heavy atom. The number of likely N-dealkylation sites (tertiary alicyclic amines) is 1. The number of rotatable bonds is 2. The van der Waals surface area contributed by atoms with Crippen LogP contribution in [0.4, 0.5) is 13.2 Å². The summed E-state index contributed by atoms with van der Waals surface area (Å²) >= 11 is 0. The van der Waals surface area contributed by atoms with Crippen molar-refractivity contribution < 1.29 is 13.2 Å². The number of fused-ring (bicyclic) bond motifs is 1. The fraction of sp³-hybridized carbons (Fsp3) is 0.533. The van der Waals surface area contributed by atoms with Crippen LogP contribution in [0.1, 0.15) is 37.9 Å². The molecule has 1 aliphatic heterocycles. The second-order valence-electron chi connectivity index (χ2n) is 5.60. The van der Waals surface area contributed by atoms with E-state index < -0.39 is 17.4 Å². The maximum Gasteiger partial charge on any atom is 0.418 e.